The summed E-state index contributed by atoms with van der Waals surface area (Å²) in [5, 5.41) is 2.24. The van der Waals surface area contributed by atoms with E-state index >= 15 is 0 Å². The topological polar surface area (TPSA) is 42.8 Å². The van der Waals surface area contributed by atoms with Gasteiger partial charge < -0.3 is 19.3 Å². The number of anilines is 4. The summed E-state index contributed by atoms with van der Waals surface area (Å²) in [5.74, 6) is 3.70. The summed E-state index contributed by atoms with van der Waals surface area (Å²) < 4.78 is 16.0. The van der Waals surface area contributed by atoms with E-state index in [0.717, 1.165) is 78.5 Å². The molecule has 11 rings (SSSR count). The smallest absolute Gasteiger partial charge is 0.143 e. The lowest BCUT2D eigenvalue weighted by atomic mass is 9.80. The monoisotopic (exact) mass is 886 g/mol. The van der Waals surface area contributed by atoms with Crippen molar-refractivity contribution in [2.45, 2.75) is 52.4 Å². The van der Waals surface area contributed by atoms with Crippen LogP contribution in [0.3, 0.4) is 0 Å². The van der Waals surface area contributed by atoms with Crippen molar-refractivity contribution >= 4 is 44.6 Å². The Hall–Kier alpha value is -8.09. The van der Waals surface area contributed by atoms with E-state index in [4.69, 9.17) is 14.5 Å². The minimum atomic E-state index is 0.00964. The van der Waals surface area contributed by atoms with Crippen molar-refractivity contribution in [1.82, 2.24) is 9.55 Å². The van der Waals surface area contributed by atoms with Crippen molar-refractivity contribution < 1.29 is 9.47 Å². The van der Waals surface area contributed by atoms with Crippen molar-refractivity contribution in [3.8, 4) is 51.1 Å². The molecule has 0 unspecified atom stereocenters. The highest BCUT2D eigenvalue weighted by Crippen LogP contribution is 2.47. The zero-order valence-corrected chi connectivity index (χ0v) is 39.4. The molecule has 0 amide bonds. The first-order valence-corrected chi connectivity index (χ1v) is 23.5. The van der Waals surface area contributed by atoms with Gasteiger partial charge in [-0.25, -0.2) is 4.98 Å². The molecule has 3 heterocycles. The quantitative estimate of drug-likeness (QED) is 0.144. The van der Waals surface area contributed by atoms with Crippen LogP contribution in [-0.2, 0) is 10.8 Å². The lowest BCUT2D eigenvalue weighted by Gasteiger charge is -2.29. The number of fused-ring (bicyclic) bond motifs is 4. The molecule has 0 radical (unpaired) electrons. The van der Waals surface area contributed by atoms with Crippen LogP contribution in [0, 0.1) is 0 Å². The van der Waals surface area contributed by atoms with Crippen LogP contribution in [0.1, 0.15) is 52.7 Å². The van der Waals surface area contributed by atoms with Gasteiger partial charge in [-0.15, -0.1) is 0 Å². The van der Waals surface area contributed by atoms with E-state index in [1.54, 1.807) is 0 Å². The normalized spacial score (nSPS) is 12.7. The molecule has 0 saturated carbocycles. The molecule has 6 heteroatoms. The average molecular weight is 887 g/mol. The molecular weight excluding hydrogens is 833 g/mol. The van der Waals surface area contributed by atoms with Gasteiger partial charge in [0.05, 0.1) is 22.4 Å². The van der Waals surface area contributed by atoms with E-state index in [9.17, 15) is 0 Å². The lowest BCUT2D eigenvalue weighted by molar-refractivity contribution is 0.483. The second-order valence-corrected chi connectivity index (χ2v) is 19.8. The number of pyridine rings is 1. The van der Waals surface area contributed by atoms with Crippen LogP contribution in [0.15, 0.2) is 206 Å². The Morgan fingerprint density at radius 2 is 0.985 bits per heavy atom. The second-order valence-electron chi connectivity index (χ2n) is 19.8. The highest BCUT2D eigenvalue weighted by molar-refractivity contribution is 6.09. The van der Waals surface area contributed by atoms with Gasteiger partial charge in [0.25, 0.3) is 0 Å². The van der Waals surface area contributed by atoms with E-state index < -0.39 is 0 Å². The molecule has 0 fully saturated rings. The largest absolute Gasteiger partial charge is 0.457 e. The fourth-order valence-electron chi connectivity index (χ4n) is 9.44. The zero-order valence-electron chi connectivity index (χ0n) is 39.4. The summed E-state index contributed by atoms with van der Waals surface area (Å²) >= 11 is 0. The summed E-state index contributed by atoms with van der Waals surface area (Å²) in [7, 11) is 0. The van der Waals surface area contributed by atoms with Gasteiger partial charge in [0, 0.05) is 57.7 Å². The number of benzene rings is 8. The molecule has 6 nitrogen and oxygen atoms in total. The van der Waals surface area contributed by atoms with E-state index in [1.165, 1.54) is 22.5 Å². The van der Waals surface area contributed by atoms with Gasteiger partial charge in [0.2, 0.25) is 0 Å². The van der Waals surface area contributed by atoms with Gasteiger partial charge in [-0.05, 0) is 93.7 Å². The average Bonchev–Trinajstić information content (AvgIpc) is 3.90. The number of ether oxygens (including phenoxy) is 2. The Balaban J connectivity index is 0.936. The first-order chi connectivity index (χ1) is 33.0. The van der Waals surface area contributed by atoms with Gasteiger partial charge in [0.1, 0.15) is 35.5 Å². The van der Waals surface area contributed by atoms with Crippen molar-refractivity contribution in [3.63, 3.8) is 0 Å². The highest BCUT2D eigenvalue weighted by atomic mass is 16.5. The number of hydrogen-bond acceptors (Lipinski definition) is 5. The lowest BCUT2D eigenvalue weighted by Crippen LogP contribution is -2.25. The van der Waals surface area contributed by atoms with Crippen LogP contribution in [0.5, 0.6) is 23.0 Å². The standard InChI is InChI=1S/C62H54N4O2/c1-61(2,3)44-35-45(62(4,5)6)37-47(36-44)65-41-64(56-29-15-16-30-57(56)65)46-23-17-24-48(38-46)67-49-31-32-54-53-25-13-14-28-55(53)66(58(54)39-49)59-40-50(33-34-63-59)68-60-51(42-19-9-7-10-20-42)26-18-27-52(60)43-21-11-8-12-22-43/h7-40H,41H2,1-6H3. The predicted molar refractivity (Wildman–Crippen MR) is 282 cm³/mol. The Morgan fingerprint density at radius 3 is 1.65 bits per heavy atom. The third kappa shape index (κ3) is 8.02. The Kier molecular flexibility index (Phi) is 10.6. The molecular formula is C62H54N4O2. The van der Waals surface area contributed by atoms with Crippen LogP contribution < -0.4 is 19.3 Å². The Labute approximate surface area is 399 Å². The molecule has 1 aliphatic rings. The molecule has 8 aromatic carbocycles. The number of hydrogen-bond donors (Lipinski definition) is 0. The summed E-state index contributed by atoms with van der Waals surface area (Å²) in [4.78, 5) is 9.79. The van der Waals surface area contributed by atoms with Crippen molar-refractivity contribution in [1.29, 1.82) is 0 Å². The molecule has 0 atom stereocenters. The fraction of sp³-hybridized carbons (Fsp3) is 0.145. The number of rotatable bonds is 9. The number of nitrogens with zero attached hydrogens (tertiary/aromatic N) is 4. The SMILES string of the molecule is CC(C)(C)c1cc(N2CN(c3cccc(Oc4ccc5c6ccccc6n(-c6cc(Oc7c(-c8ccccc8)cccc7-c7ccccc7)ccn6)c5c4)c3)c3ccccc32)cc(C(C)(C)C)c1. The maximum atomic E-state index is 6.97. The molecule has 10 aromatic rings. The van der Waals surface area contributed by atoms with Gasteiger partial charge in [-0.1, -0.05) is 163 Å². The van der Waals surface area contributed by atoms with Gasteiger partial charge in [-0.2, -0.15) is 0 Å². The molecule has 0 bridgehead atoms. The Bertz CT molecular complexity index is 3380. The molecule has 1 aliphatic heterocycles. The van der Waals surface area contributed by atoms with Crippen LogP contribution >= 0.6 is 0 Å². The van der Waals surface area contributed by atoms with Crippen LogP contribution in [0.25, 0.3) is 49.9 Å². The molecule has 334 valence electrons. The van der Waals surface area contributed by atoms with E-state index in [-0.39, 0.29) is 10.8 Å². The first kappa shape index (κ1) is 42.5. The maximum Gasteiger partial charge on any atom is 0.143 e. The van der Waals surface area contributed by atoms with Gasteiger partial charge >= 0.3 is 0 Å². The summed E-state index contributed by atoms with van der Waals surface area (Å²) in [6.07, 6.45) is 1.83. The van der Waals surface area contributed by atoms with Crippen molar-refractivity contribution in [2.24, 2.45) is 0 Å². The first-order valence-electron chi connectivity index (χ1n) is 23.5. The molecule has 0 saturated heterocycles. The minimum Gasteiger partial charge on any atom is -0.457 e. The molecule has 2 aromatic heterocycles. The predicted octanol–water partition coefficient (Wildman–Crippen LogP) is 16.9. The van der Waals surface area contributed by atoms with E-state index in [0.29, 0.717) is 12.4 Å². The van der Waals surface area contributed by atoms with Crippen LogP contribution in [0.2, 0.25) is 0 Å². The minimum absolute atomic E-state index is 0.00964. The van der Waals surface area contributed by atoms with Gasteiger partial charge in [0.15, 0.2) is 0 Å². The number of aromatic nitrogens is 2. The fourth-order valence-corrected chi connectivity index (χ4v) is 9.44. The second kappa shape index (κ2) is 17.0. The van der Waals surface area contributed by atoms with Gasteiger partial charge in [-0.3, -0.25) is 4.57 Å². The van der Waals surface area contributed by atoms with Crippen molar-refractivity contribution in [2.75, 3.05) is 16.5 Å². The third-order valence-corrected chi connectivity index (χ3v) is 13.1. The van der Waals surface area contributed by atoms with Crippen LogP contribution in [0.4, 0.5) is 22.7 Å². The van der Waals surface area contributed by atoms with Crippen LogP contribution in [-0.4, -0.2) is 16.2 Å². The summed E-state index contributed by atoms with van der Waals surface area (Å²) in [6.45, 7) is 14.5. The van der Waals surface area contributed by atoms with E-state index in [1.807, 2.05) is 36.5 Å². The highest BCUT2D eigenvalue weighted by Gasteiger charge is 2.30. The summed E-state index contributed by atoms with van der Waals surface area (Å²) in [5.41, 5.74) is 13.5. The zero-order chi connectivity index (χ0) is 46.6. The Morgan fingerprint density at radius 1 is 0.426 bits per heavy atom. The molecule has 0 spiro atoms. The molecule has 68 heavy (non-hydrogen) atoms. The van der Waals surface area contributed by atoms with Crippen molar-refractivity contribution in [3.05, 3.63) is 218 Å². The third-order valence-electron chi connectivity index (χ3n) is 13.1. The molecule has 0 N–H and O–H groups in total. The molecule has 0 aliphatic carbocycles. The number of para-hydroxylation sites is 4. The van der Waals surface area contributed by atoms with E-state index in [2.05, 4.69) is 226 Å². The maximum absolute atomic E-state index is 6.97. The summed E-state index contributed by atoms with van der Waals surface area (Å²) in [6, 6.07) is 70.2.